The van der Waals surface area contributed by atoms with Gasteiger partial charge in [0.15, 0.2) is 0 Å². The zero-order chi connectivity index (χ0) is 19.6. The molecule has 0 unspecified atom stereocenters. The highest BCUT2D eigenvalue weighted by Gasteiger charge is 2.62. The SMILES string of the molecule is Cc1nc(N2CCC[C@@H]2C(=O)NC[C@@H]2C[C@@H]3C=C[C@@H]2C32CC2)nc2ccccc12. The first-order valence-corrected chi connectivity index (χ1v) is 11.1. The molecule has 6 rings (SSSR count). The fourth-order valence-electron chi connectivity index (χ4n) is 6.33. The standard InChI is InChI=1S/C24H28N4O/c1-15-18-5-2-3-6-20(18)27-23(26-15)28-12-4-7-21(28)22(29)25-14-16-13-17-8-9-19(16)24(17)10-11-24/h2-3,5-6,8-9,16-17,19,21H,4,7,10-14H2,1H3,(H,25,29)/t16-,17-,19-,21+/m0/s1. The molecule has 1 N–H and O–H groups in total. The van der Waals surface area contributed by atoms with Gasteiger partial charge in [0.2, 0.25) is 11.9 Å². The maximum atomic E-state index is 13.1. The summed E-state index contributed by atoms with van der Waals surface area (Å²) in [6.45, 7) is 3.68. The number of carbonyl (C=O) groups excluding carboxylic acids is 1. The molecule has 150 valence electrons. The summed E-state index contributed by atoms with van der Waals surface area (Å²) in [5.74, 6) is 2.92. The summed E-state index contributed by atoms with van der Waals surface area (Å²) < 4.78 is 0. The van der Waals surface area contributed by atoms with Crippen molar-refractivity contribution in [2.75, 3.05) is 18.0 Å². The van der Waals surface area contributed by atoms with Crippen molar-refractivity contribution < 1.29 is 4.79 Å². The lowest BCUT2D eigenvalue weighted by Gasteiger charge is -2.26. The molecule has 1 saturated heterocycles. The molecule has 29 heavy (non-hydrogen) atoms. The highest BCUT2D eigenvalue weighted by Crippen LogP contribution is 2.69. The number of aryl methyl sites for hydroxylation is 1. The van der Waals surface area contributed by atoms with E-state index in [-0.39, 0.29) is 11.9 Å². The summed E-state index contributed by atoms with van der Waals surface area (Å²) in [5.41, 5.74) is 2.51. The molecule has 4 atom stereocenters. The second-order valence-electron chi connectivity index (χ2n) is 9.47. The molecule has 2 heterocycles. The minimum atomic E-state index is -0.153. The maximum absolute atomic E-state index is 13.1. The number of aromatic nitrogens is 2. The summed E-state index contributed by atoms with van der Waals surface area (Å²) in [4.78, 5) is 24.7. The summed E-state index contributed by atoms with van der Waals surface area (Å²) in [6.07, 6.45) is 10.8. The van der Waals surface area contributed by atoms with Crippen LogP contribution in [0.2, 0.25) is 0 Å². The van der Waals surface area contributed by atoms with E-state index in [2.05, 4.69) is 28.4 Å². The molecule has 1 aromatic carbocycles. The largest absolute Gasteiger partial charge is 0.354 e. The molecule has 3 fully saturated rings. The van der Waals surface area contributed by atoms with Crippen LogP contribution >= 0.6 is 0 Å². The molecular weight excluding hydrogens is 360 g/mol. The van der Waals surface area contributed by atoms with E-state index in [1.807, 2.05) is 25.1 Å². The Balaban J connectivity index is 1.17. The molecular formula is C24H28N4O. The Kier molecular flexibility index (Phi) is 3.78. The van der Waals surface area contributed by atoms with Crippen LogP contribution in [0.5, 0.6) is 0 Å². The van der Waals surface area contributed by atoms with E-state index >= 15 is 0 Å². The lowest BCUT2D eigenvalue weighted by Crippen LogP contribution is -2.45. The summed E-state index contributed by atoms with van der Waals surface area (Å²) in [7, 11) is 0. The van der Waals surface area contributed by atoms with Crippen LogP contribution in [0, 0.1) is 30.1 Å². The first-order valence-electron chi connectivity index (χ1n) is 11.1. The topological polar surface area (TPSA) is 58.1 Å². The number of nitrogens with one attached hydrogen (secondary N) is 1. The van der Waals surface area contributed by atoms with Crippen LogP contribution in [-0.4, -0.2) is 35.0 Å². The smallest absolute Gasteiger partial charge is 0.242 e. The number of rotatable bonds is 4. The Bertz CT molecular complexity index is 1010. The fourth-order valence-corrected chi connectivity index (χ4v) is 6.33. The molecule has 0 radical (unpaired) electrons. The van der Waals surface area contributed by atoms with Crippen LogP contribution in [0.15, 0.2) is 36.4 Å². The summed E-state index contributed by atoms with van der Waals surface area (Å²) in [6, 6.07) is 7.94. The number of hydrogen-bond acceptors (Lipinski definition) is 4. The molecule has 1 aromatic heterocycles. The molecule has 5 nitrogen and oxygen atoms in total. The van der Waals surface area contributed by atoms with Gasteiger partial charge in [-0.2, -0.15) is 0 Å². The van der Waals surface area contributed by atoms with Gasteiger partial charge in [-0.1, -0.05) is 30.4 Å². The molecule has 1 spiro atoms. The van der Waals surface area contributed by atoms with Gasteiger partial charge in [0.25, 0.3) is 0 Å². The highest BCUT2D eigenvalue weighted by molar-refractivity contribution is 5.86. The normalized spacial score (nSPS) is 31.1. The van der Waals surface area contributed by atoms with Crippen LogP contribution in [0.25, 0.3) is 10.9 Å². The lowest BCUT2D eigenvalue weighted by molar-refractivity contribution is -0.122. The van der Waals surface area contributed by atoms with E-state index in [9.17, 15) is 4.79 Å². The van der Waals surface area contributed by atoms with E-state index in [4.69, 9.17) is 9.97 Å². The number of allylic oxidation sites excluding steroid dienone is 2. The quantitative estimate of drug-likeness (QED) is 0.813. The van der Waals surface area contributed by atoms with Gasteiger partial charge in [0.1, 0.15) is 6.04 Å². The van der Waals surface area contributed by atoms with Crippen molar-refractivity contribution >= 4 is 22.8 Å². The summed E-state index contributed by atoms with van der Waals surface area (Å²) in [5, 5.41) is 4.38. The molecule has 4 aliphatic rings. The Hall–Kier alpha value is -2.43. The Morgan fingerprint density at radius 2 is 2.10 bits per heavy atom. The molecule has 2 aromatic rings. The first kappa shape index (κ1) is 17.4. The van der Waals surface area contributed by atoms with Crippen LogP contribution < -0.4 is 10.2 Å². The third-order valence-corrected chi connectivity index (χ3v) is 7.98. The van der Waals surface area contributed by atoms with E-state index in [1.54, 1.807) is 0 Å². The minimum Gasteiger partial charge on any atom is -0.354 e. The van der Waals surface area contributed by atoms with Gasteiger partial charge in [0.05, 0.1) is 11.2 Å². The van der Waals surface area contributed by atoms with Crippen molar-refractivity contribution in [3.63, 3.8) is 0 Å². The lowest BCUT2D eigenvalue weighted by atomic mass is 9.89. The molecule has 5 heteroatoms. The summed E-state index contributed by atoms with van der Waals surface area (Å²) >= 11 is 0. The van der Waals surface area contributed by atoms with Gasteiger partial charge in [0, 0.05) is 18.5 Å². The Labute approximate surface area is 171 Å². The van der Waals surface area contributed by atoms with Gasteiger partial charge in [-0.05, 0) is 68.3 Å². The third-order valence-electron chi connectivity index (χ3n) is 7.98. The average Bonchev–Trinajstić information content (AvgIpc) is 3.13. The van der Waals surface area contributed by atoms with Crippen LogP contribution in [-0.2, 0) is 4.79 Å². The predicted octanol–water partition coefficient (Wildman–Crippen LogP) is 3.63. The number of benzene rings is 1. The number of amides is 1. The van der Waals surface area contributed by atoms with Crippen LogP contribution in [0.4, 0.5) is 5.95 Å². The van der Waals surface area contributed by atoms with Gasteiger partial charge in [-0.25, -0.2) is 9.97 Å². The number of anilines is 1. The van der Waals surface area contributed by atoms with E-state index in [0.717, 1.165) is 48.4 Å². The zero-order valence-electron chi connectivity index (χ0n) is 17.0. The second kappa shape index (κ2) is 6.28. The highest BCUT2D eigenvalue weighted by atomic mass is 16.2. The van der Waals surface area contributed by atoms with Gasteiger partial charge < -0.3 is 10.2 Å². The van der Waals surface area contributed by atoms with Crippen molar-refractivity contribution in [1.29, 1.82) is 0 Å². The number of carbonyl (C=O) groups is 1. The zero-order valence-corrected chi connectivity index (χ0v) is 17.0. The van der Waals surface area contributed by atoms with Crippen molar-refractivity contribution in [3.05, 3.63) is 42.1 Å². The van der Waals surface area contributed by atoms with Gasteiger partial charge in [-0.3, -0.25) is 4.79 Å². The fraction of sp³-hybridized carbons (Fsp3) is 0.542. The first-order chi connectivity index (χ1) is 14.2. The number of hydrogen-bond donors (Lipinski definition) is 1. The molecule has 2 saturated carbocycles. The van der Waals surface area contributed by atoms with E-state index in [0.29, 0.717) is 23.2 Å². The number of nitrogens with zero attached hydrogens (tertiary/aromatic N) is 3. The van der Waals surface area contributed by atoms with Gasteiger partial charge >= 0.3 is 0 Å². The monoisotopic (exact) mass is 388 g/mol. The van der Waals surface area contributed by atoms with Gasteiger partial charge in [-0.15, -0.1) is 0 Å². The van der Waals surface area contributed by atoms with Crippen molar-refractivity contribution in [1.82, 2.24) is 15.3 Å². The van der Waals surface area contributed by atoms with E-state index in [1.165, 1.54) is 19.3 Å². The Morgan fingerprint density at radius 1 is 1.24 bits per heavy atom. The number of fused-ring (bicyclic) bond motifs is 1. The molecule has 2 bridgehead atoms. The Morgan fingerprint density at radius 3 is 2.93 bits per heavy atom. The van der Waals surface area contributed by atoms with E-state index < -0.39 is 0 Å². The predicted molar refractivity (Wildman–Crippen MR) is 114 cm³/mol. The molecule has 1 amide bonds. The van der Waals surface area contributed by atoms with Crippen LogP contribution in [0.1, 0.15) is 37.8 Å². The molecule has 3 aliphatic carbocycles. The minimum absolute atomic E-state index is 0.147. The second-order valence-corrected chi connectivity index (χ2v) is 9.47. The maximum Gasteiger partial charge on any atom is 0.242 e. The average molecular weight is 389 g/mol. The van der Waals surface area contributed by atoms with Crippen LogP contribution in [0.3, 0.4) is 0 Å². The van der Waals surface area contributed by atoms with Crippen molar-refractivity contribution in [2.24, 2.45) is 23.2 Å². The third kappa shape index (κ3) is 2.62. The number of para-hydroxylation sites is 1. The van der Waals surface area contributed by atoms with Crippen molar-refractivity contribution in [3.8, 4) is 0 Å². The van der Waals surface area contributed by atoms with Crippen molar-refractivity contribution in [2.45, 2.75) is 45.1 Å². The molecule has 1 aliphatic heterocycles.